The maximum Gasteiger partial charge on any atom is 0.254 e. The van der Waals surface area contributed by atoms with Crippen LogP contribution in [0.4, 0.5) is 0 Å². The molecule has 0 N–H and O–H groups in total. The number of amides is 1. The number of rotatable bonds is 6. The van der Waals surface area contributed by atoms with Gasteiger partial charge in [-0.2, -0.15) is 0 Å². The Morgan fingerprint density at radius 2 is 1.85 bits per heavy atom. The normalized spacial score (nSPS) is 10.6. The molecule has 1 heterocycles. The highest BCUT2D eigenvalue weighted by Gasteiger charge is 2.17. The molecule has 0 spiro atoms. The Kier molecular flexibility index (Phi) is 5.58. The third kappa shape index (κ3) is 4.06. The van der Waals surface area contributed by atoms with E-state index in [4.69, 9.17) is 20.9 Å². The number of nitrogens with zero attached hydrogens (tertiary/aromatic N) is 2. The van der Waals surface area contributed by atoms with Crippen molar-refractivity contribution in [3.63, 3.8) is 0 Å². The monoisotopic (exact) mass is 370 g/mol. The zero-order valence-corrected chi connectivity index (χ0v) is 15.4. The number of carbonyl (C=O) groups is 1. The van der Waals surface area contributed by atoms with Crippen molar-refractivity contribution in [3.8, 4) is 17.1 Å². The van der Waals surface area contributed by atoms with Crippen LogP contribution in [0, 0.1) is 0 Å². The number of hydrogen-bond acceptors (Lipinski definition) is 4. The molecule has 1 aromatic heterocycles. The molecule has 6 heteroatoms. The molecule has 0 fully saturated rings. The lowest BCUT2D eigenvalue weighted by Gasteiger charge is -2.19. The average Bonchev–Trinajstić information content (AvgIpc) is 3.15. The van der Waals surface area contributed by atoms with Crippen molar-refractivity contribution < 1.29 is 14.1 Å². The van der Waals surface area contributed by atoms with Crippen LogP contribution in [0.3, 0.4) is 0 Å². The molecule has 0 aliphatic carbocycles. The van der Waals surface area contributed by atoms with Crippen molar-refractivity contribution in [2.75, 3.05) is 13.7 Å². The fourth-order valence-electron chi connectivity index (χ4n) is 2.58. The Labute approximate surface area is 157 Å². The van der Waals surface area contributed by atoms with Gasteiger partial charge in [-0.1, -0.05) is 16.8 Å². The predicted molar refractivity (Wildman–Crippen MR) is 100 cm³/mol. The van der Waals surface area contributed by atoms with Crippen molar-refractivity contribution in [3.05, 3.63) is 70.9 Å². The lowest BCUT2D eigenvalue weighted by molar-refractivity contribution is 0.0749. The fourth-order valence-corrected chi connectivity index (χ4v) is 2.70. The molecule has 0 saturated heterocycles. The number of ether oxygens (including phenoxy) is 1. The van der Waals surface area contributed by atoms with E-state index in [-0.39, 0.29) is 5.91 Å². The van der Waals surface area contributed by atoms with E-state index in [2.05, 4.69) is 5.16 Å². The van der Waals surface area contributed by atoms with Gasteiger partial charge in [0.25, 0.3) is 5.91 Å². The van der Waals surface area contributed by atoms with Gasteiger partial charge >= 0.3 is 0 Å². The van der Waals surface area contributed by atoms with Crippen LogP contribution in [-0.2, 0) is 6.54 Å². The zero-order chi connectivity index (χ0) is 18.5. The Hall–Kier alpha value is -2.79. The SMILES string of the molecule is CCN(Cc1cc(-c2ccc(OC)cc2)on1)C(=O)c1ccc(Cl)cc1. The van der Waals surface area contributed by atoms with Gasteiger partial charge in [-0.05, 0) is 55.5 Å². The number of halogens is 1. The van der Waals surface area contributed by atoms with Crippen LogP contribution in [0.15, 0.2) is 59.1 Å². The van der Waals surface area contributed by atoms with Crippen LogP contribution >= 0.6 is 11.6 Å². The summed E-state index contributed by atoms with van der Waals surface area (Å²) in [6.07, 6.45) is 0. The third-order valence-electron chi connectivity index (χ3n) is 4.05. The van der Waals surface area contributed by atoms with Gasteiger partial charge in [0.1, 0.15) is 11.4 Å². The van der Waals surface area contributed by atoms with Crippen LogP contribution in [0.25, 0.3) is 11.3 Å². The molecule has 0 bridgehead atoms. The average molecular weight is 371 g/mol. The zero-order valence-electron chi connectivity index (χ0n) is 14.6. The number of aromatic nitrogens is 1. The van der Waals surface area contributed by atoms with Crippen LogP contribution in [0.5, 0.6) is 5.75 Å². The second kappa shape index (κ2) is 8.06. The molecule has 0 atom stereocenters. The molecule has 1 amide bonds. The van der Waals surface area contributed by atoms with Crippen LogP contribution in [0.2, 0.25) is 5.02 Å². The van der Waals surface area contributed by atoms with E-state index in [0.29, 0.717) is 35.1 Å². The molecule has 3 rings (SSSR count). The Morgan fingerprint density at radius 1 is 1.15 bits per heavy atom. The van der Waals surface area contributed by atoms with Crippen molar-refractivity contribution in [1.29, 1.82) is 0 Å². The van der Waals surface area contributed by atoms with E-state index in [1.54, 1.807) is 36.3 Å². The lowest BCUT2D eigenvalue weighted by Crippen LogP contribution is -2.30. The first-order valence-electron chi connectivity index (χ1n) is 8.25. The molecule has 0 saturated carbocycles. The van der Waals surface area contributed by atoms with Crippen LogP contribution < -0.4 is 4.74 Å². The number of benzene rings is 2. The molecule has 0 unspecified atom stereocenters. The minimum absolute atomic E-state index is 0.0711. The smallest absolute Gasteiger partial charge is 0.254 e. The van der Waals surface area contributed by atoms with Crippen molar-refractivity contribution in [2.24, 2.45) is 0 Å². The highest BCUT2D eigenvalue weighted by atomic mass is 35.5. The summed E-state index contributed by atoms with van der Waals surface area (Å²) >= 11 is 5.88. The second-order valence-corrected chi connectivity index (χ2v) is 6.17. The summed E-state index contributed by atoms with van der Waals surface area (Å²) in [5.41, 5.74) is 2.19. The summed E-state index contributed by atoms with van der Waals surface area (Å²) in [6, 6.07) is 16.2. The summed E-state index contributed by atoms with van der Waals surface area (Å²) in [6.45, 7) is 2.86. The molecule has 0 aliphatic rings. The topological polar surface area (TPSA) is 55.6 Å². The fraction of sp³-hybridized carbons (Fsp3) is 0.200. The van der Waals surface area contributed by atoms with Gasteiger partial charge in [-0.3, -0.25) is 4.79 Å². The Morgan fingerprint density at radius 3 is 2.46 bits per heavy atom. The van der Waals surface area contributed by atoms with E-state index in [9.17, 15) is 4.79 Å². The van der Waals surface area contributed by atoms with Crippen molar-refractivity contribution >= 4 is 17.5 Å². The number of carbonyl (C=O) groups excluding carboxylic acids is 1. The summed E-state index contributed by atoms with van der Waals surface area (Å²) in [4.78, 5) is 14.4. The molecule has 0 radical (unpaired) electrons. The highest BCUT2D eigenvalue weighted by Crippen LogP contribution is 2.24. The summed E-state index contributed by atoms with van der Waals surface area (Å²) in [5.74, 6) is 1.36. The first kappa shape index (κ1) is 18.0. The summed E-state index contributed by atoms with van der Waals surface area (Å²) in [7, 11) is 1.62. The summed E-state index contributed by atoms with van der Waals surface area (Å²) in [5, 5.41) is 4.69. The molecule has 0 aliphatic heterocycles. The minimum atomic E-state index is -0.0711. The standard InChI is InChI=1S/C20H19ClN2O3/c1-3-23(20(24)15-4-8-16(21)9-5-15)13-17-12-19(26-22-17)14-6-10-18(25-2)11-7-14/h4-12H,3,13H2,1-2H3. The van der Waals surface area contributed by atoms with E-state index in [1.807, 2.05) is 37.3 Å². The van der Waals surface area contributed by atoms with Gasteiger partial charge in [0.05, 0.1) is 13.7 Å². The Balaban J connectivity index is 1.73. The van der Waals surface area contributed by atoms with Crippen LogP contribution in [0.1, 0.15) is 23.0 Å². The van der Waals surface area contributed by atoms with Gasteiger partial charge in [0, 0.05) is 28.8 Å². The maximum absolute atomic E-state index is 12.6. The van der Waals surface area contributed by atoms with E-state index >= 15 is 0 Å². The van der Waals surface area contributed by atoms with Gasteiger partial charge in [0.2, 0.25) is 0 Å². The van der Waals surface area contributed by atoms with E-state index in [0.717, 1.165) is 11.3 Å². The molecule has 5 nitrogen and oxygen atoms in total. The van der Waals surface area contributed by atoms with Gasteiger partial charge in [-0.25, -0.2) is 0 Å². The molecule has 134 valence electrons. The van der Waals surface area contributed by atoms with Crippen molar-refractivity contribution in [2.45, 2.75) is 13.5 Å². The predicted octanol–water partition coefficient (Wildman–Crippen LogP) is 4.67. The lowest BCUT2D eigenvalue weighted by atomic mass is 10.1. The number of methoxy groups -OCH3 is 1. The third-order valence-corrected chi connectivity index (χ3v) is 4.30. The van der Waals surface area contributed by atoms with E-state index < -0.39 is 0 Å². The first-order valence-corrected chi connectivity index (χ1v) is 8.63. The number of hydrogen-bond donors (Lipinski definition) is 0. The summed E-state index contributed by atoms with van der Waals surface area (Å²) < 4.78 is 10.6. The second-order valence-electron chi connectivity index (χ2n) is 5.74. The highest BCUT2D eigenvalue weighted by molar-refractivity contribution is 6.30. The Bertz CT molecular complexity index is 873. The molecule has 3 aromatic rings. The first-order chi connectivity index (χ1) is 12.6. The van der Waals surface area contributed by atoms with Crippen molar-refractivity contribution in [1.82, 2.24) is 10.1 Å². The van der Waals surface area contributed by atoms with Gasteiger partial charge in [0.15, 0.2) is 5.76 Å². The van der Waals surface area contributed by atoms with Crippen LogP contribution in [-0.4, -0.2) is 29.6 Å². The molecular weight excluding hydrogens is 352 g/mol. The maximum atomic E-state index is 12.6. The van der Waals surface area contributed by atoms with E-state index in [1.165, 1.54) is 0 Å². The largest absolute Gasteiger partial charge is 0.497 e. The van der Waals surface area contributed by atoms with Gasteiger partial charge < -0.3 is 14.2 Å². The molecule has 2 aromatic carbocycles. The molecular formula is C20H19ClN2O3. The van der Waals surface area contributed by atoms with Gasteiger partial charge in [-0.15, -0.1) is 0 Å². The quantitative estimate of drug-likeness (QED) is 0.633. The minimum Gasteiger partial charge on any atom is -0.497 e. The molecule has 26 heavy (non-hydrogen) atoms.